The van der Waals surface area contributed by atoms with E-state index in [9.17, 15) is 22.4 Å². The number of aryl methyl sites for hydroxylation is 1. The van der Waals surface area contributed by atoms with E-state index in [1.54, 1.807) is 26.0 Å². The Kier molecular flexibility index (Phi) is 10.1. The van der Waals surface area contributed by atoms with Gasteiger partial charge in [0.2, 0.25) is 11.8 Å². The number of nitrogens with zero attached hydrogens (tertiary/aromatic N) is 2. The number of hydrogen-bond acceptors (Lipinski definition) is 5. The number of anilines is 1. The number of nitrogens with one attached hydrogen (secondary N) is 1. The topological polar surface area (TPSA) is 96.0 Å². The van der Waals surface area contributed by atoms with Crippen molar-refractivity contribution in [3.8, 4) is 5.75 Å². The molecule has 3 rings (SSSR count). The fourth-order valence-electron chi connectivity index (χ4n) is 4.05. The molecule has 208 valence electrons. The van der Waals surface area contributed by atoms with Gasteiger partial charge in [0.25, 0.3) is 10.0 Å². The molecule has 1 atom stereocenters. The van der Waals surface area contributed by atoms with Crippen molar-refractivity contribution in [3.05, 3.63) is 89.7 Å². The molecule has 0 aliphatic heterocycles. The number of ether oxygens (including phenoxy) is 1. The lowest BCUT2D eigenvalue weighted by molar-refractivity contribution is -0.139. The Morgan fingerprint density at radius 3 is 2.26 bits per heavy atom. The van der Waals surface area contributed by atoms with E-state index in [2.05, 4.69) is 5.32 Å². The molecule has 1 unspecified atom stereocenters. The van der Waals surface area contributed by atoms with Crippen LogP contribution in [0.3, 0.4) is 0 Å². The van der Waals surface area contributed by atoms with Crippen molar-refractivity contribution in [2.45, 2.75) is 45.2 Å². The van der Waals surface area contributed by atoms with Crippen molar-refractivity contribution in [1.29, 1.82) is 0 Å². The standard InChI is InChI=1S/C29H34FN3O5S/c1-5-31-29(35)22(4)32(19-23-9-7-8-21(3)18-23)28(34)20-33(25-12-14-26(15-13-25)38-6-2)39(36,37)27-16-10-24(30)11-17-27/h7-18,22H,5-6,19-20H2,1-4H3,(H,31,35). The summed E-state index contributed by atoms with van der Waals surface area (Å²) in [7, 11) is -4.28. The number of likely N-dealkylation sites (N-methyl/N-ethyl adjacent to an activating group) is 1. The van der Waals surface area contributed by atoms with E-state index >= 15 is 0 Å². The summed E-state index contributed by atoms with van der Waals surface area (Å²) in [6.45, 7) is 7.47. The zero-order valence-electron chi connectivity index (χ0n) is 22.6. The maximum absolute atomic E-state index is 13.8. The van der Waals surface area contributed by atoms with E-state index in [0.29, 0.717) is 18.9 Å². The molecule has 0 aliphatic carbocycles. The van der Waals surface area contributed by atoms with Crippen LogP contribution < -0.4 is 14.4 Å². The summed E-state index contributed by atoms with van der Waals surface area (Å²) in [4.78, 5) is 27.8. The van der Waals surface area contributed by atoms with E-state index in [1.807, 2.05) is 38.1 Å². The van der Waals surface area contributed by atoms with Gasteiger partial charge < -0.3 is 15.0 Å². The lowest BCUT2D eigenvalue weighted by Crippen LogP contribution is -2.51. The molecule has 2 amide bonds. The van der Waals surface area contributed by atoms with Gasteiger partial charge in [0.05, 0.1) is 17.2 Å². The molecule has 0 bridgehead atoms. The molecule has 0 aliphatic rings. The molecule has 0 fully saturated rings. The van der Waals surface area contributed by atoms with Crippen LogP contribution in [-0.2, 0) is 26.2 Å². The molecule has 8 nitrogen and oxygen atoms in total. The van der Waals surface area contributed by atoms with E-state index < -0.39 is 34.3 Å². The van der Waals surface area contributed by atoms with Crippen LogP contribution in [0.25, 0.3) is 0 Å². The minimum atomic E-state index is -4.28. The molecule has 0 aromatic heterocycles. The second-order valence-corrected chi connectivity index (χ2v) is 10.8. The van der Waals surface area contributed by atoms with Crippen LogP contribution in [0.15, 0.2) is 77.7 Å². The van der Waals surface area contributed by atoms with Crippen molar-refractivity contribution in [1.82, 2.24) is 10.2 Å². The van der Waals surface area contributed by atoms with Crippen molar-refractivity contribution in [2.24, 2.45) is 0 Å². The van der Waals surface area contributed by atoms with Gasteiger partial charge in [-0.3, -0.25) is 13.9 Å². The van der Waals surface area contributed by atoms with Gasteiger partial charge in [-0.1, -0.05) is 29.8 Å². The van der Waals surface area contributed by atoms with Crippen LogP contribution in [0.4, 0.5) is 10.1 Å². The molecule has 0 saturated carbocycles. The minimum absolute atomic E-state index is 0.104. The average Bonchev–Trinajstić information content (AvgIpc) is 2.91. The molecule has 3 aromatic rings. The van der Waals surface area contributed by atoms with Crippen LogP contribution in [-0.4, -0.2) is 50.9 Å². The van der Waals surface area contributed by atoms with Gasteiger partial charge >= 0.3 is 0 Å². The SMILES string of the molecule is CCNC(=O)C(C)N(Cc1cccc(C)c1)C(=O)CN(c1ccc(OCC)cc1)S(=O)(=O)c1ccc(F)cc1. The van der Waals surface area contributed by atoms with Gasteiger partial charge in [-0.2, -0.15) is 0 Å². The minimum Gasteiger partial charge on any atom is -0.494 e. The normalized spacial score (nSPS) is 11.9. The van der Waals surface area contributed by atoms with Gasteiger partial charge in [0, 0.05) is 13.1 Å². The summed E-state index contributed by atoms with van der Waals surface area (Å²) in [5, 5.41) is 2.73. The van der Waals surface area contributed by atoms with Crippen LogP contribution >= 0.6 is 0 Å². The van der Waals surface area contributed by atoms with Gasteiger partial charge in [-0.15, -0.1) is 0 Å². The van der Waals surface area contributed by atoms with Crippen molar-refractivity contribution in [2.75, 3.05) is 24.0 Å². The van der Waals surface area contributed by atoms with E-state index in [4.69, 9.17) is 4.74 Å². The molecular weight excluding hydrogens is 521 g/mol. The average molecular weight is 556 g/mol. The summed E-state index contributed by atoms with van der Waals surface area (Å²) < 4.78 is 47.5. The second-order valence-electron chi connectivity index (χ2n) is 8.97. The zero-order chi connectivity index (χ0) is 28.6. The monoisotopic (exact) mass is 555 g/mol. The summed E-state index contributed by atoms with van der Waals surface area (Å²) in [5.41, 5.74) is 2.01. The number of carbonyl (C=O) groups is 2. The highest BCUT2D eigenvalue weighted by Gasteiger charge is 2.32. The molecule has 0 spiro atoms. The van der Waals surface area contributed by atoms with E-state index in [1.165, 1.54) is 17.0 Å². The third-order valence-corrected chi connectivity index (χ3v) is 7.86. The van der Waals surface area contributed by atoms with Crippen LogP contribution in [0.2, 0.25) is 0 Å². The number of amides is 2. The first-order valence-electron chi connectivity index (χ1n) is 12.7. The maximum atomic E-state index is 13.8. The molecule has 0 saturated heterocycles. The number of halogens is 1. The molecule has 10 heteroatoms. The Labute approximate surface area is 229 Å². The van der Waals surface area contributed by atoms with Gasteiger partial charge in [-0.05, 0) is 81.8 Å². The maximum Gasteiger partial charge on any atom is 0.264 e. The predicted molar refractivity (Wildman–Crippen MR) is 148 cm³/mol. The van der Waals surface area contributed by atoms with Crippen LogP contribution in [0.1, 0.15) is 31.9 Å². The Morgan fingerprint density at radius 1 is 1.00 bits per heavy atom. The quantitative estimate of drug-likeness (QED) is 0.360. The molecule has 1 N–H and O–H groups in total. The summed E-state index contributed by atoms with van der Waals surface area (Å²) >= 11 is 0. The summed E-state index contributed by atoms with van der Waals surface area (Å²) in [5.74, 6) is -0.974. The Morgan fingerprint density at radius 2 is 1.67 bits per heavy atom. The Bertz CT molecular complexity index is 1380. The molecule has 39 heavy (non-hydrogen) atoms. The van der Waals surface area contributed by atoms with Crippen molar-refractivity contribution < 1.29 is 27.1 Å². The Balaban J connectivity index is 2.03. The fraction of sp³-hybridized carbons (Fsp3) is 0.310. The van der Waals surface area contributed by atoms with Crippen LogP contribution in [0, 0.1) is 12.7 Å². The number of rotatable bonds is 12. The first-order valence-corrected chi connectivity index (χ1v) is 14.1. The predicted octanol–water partition coefficient (Wildman–Crippen LogP) is 4.28. The summed E-state index contributed by atoms with van der Waals surface area (Å²) in [6, 6.07) is 17.4. The summed E-state index contributed by atoms with van der Waals surface area (Å²) in [6.07, 6.45) is 0. The number of hydrogen-bond donors (Lipinski definition) is 1. The number of sulfonamides is 1. The molecular formula is C29H34FN3O5S. The first-order chi connectivity index (χ1) is 18.6. The first kappa shape index (κ1) is 29.6. The van der Waals surface area contributed by atoms with Gasteiger partial charge in [-0.25, -0.2) is 12.8 Å². The van der Waals surface area contributed by atoms with Crippen LogP contribution in [0.5, 0.6) is 5.75 Å². The smallest absolute Gasteiger partial charge is 0.264 e. The zero-order valence-corrected chi connectivity index (χ0v) is 23.4. The molecule has 3 aromatic carbocycles. The highest BCUT2D eigenvalue weighted by Crippen LogP contribution is 2.27. The lowest BCUT2D eigenvalue weighted by atomic mass is 10.1. The second kappa shape index (κ2) is 13.2. The number of benzene rings is 3. The van der Waals surface area contributed by atoms with E-state index in [-0.39, 0.29) is 23.0 Å². The largest absolute Gasteiger partial charge is 0.494 e. The Hall–Kier alpha value is -3.92. The van der Waals surface area contributed by atoms with Gasteiger partial charge in [0.1, 0.15) is 24.2 Å². The molecule has 0 heterocycles. The van der Waals surface area contributed by atoms with Gasteiger partial charge in [0.15, 0.2) is 0 Å². The fourth-order valence-corrected chi connectivity index (χ4v) is 5.46. The van der Waals surface area contributed by atoms with E-state index in [0.717, 1.165) is 39.7 Å². The highest BCUT2D eigenvalue weighted by atomic mass is 32.2. The number of carbonyl (C=O) groups excluding carboxylic acids is 2. The molecule has 0 radical (unpaired) electrons. The third kappa shape index (κ3) is 7.57. The lowest BCUT2D eigenvalue weighted by Gasteiger charge is -2.32. The third-order valence-electron chi connectivity index (χ3n) is 6.07. The highest BCUT2D eigenvalue weighted by molar-refractivity contribution is 7.92. The van der Waals surface area contributed by atoms with Crippen molar-refractivity contribution in [3.63, 3.8) is 0 Å². The van der Waals surface area contributed by atoms with Crippen molar-refractivity contribution >= 4 is 27.5 Å².